The van der Waals surface area contributed by atoms with E-state index in [1.807, 2.05) is 0 Å². The van der Waals surface area contributed by atoms with E-state index in [4.69, 9.17) is 9.84 Å². The summed E-state index contributed by atoms with van der Waals surface area (Å²) in [7, 11) is 0. The van der Waals surface area contributed by atoms with Gasteiger partial charge in [-0.05, 0) is 24.7 Å². The maximum atomic E-state index is 12.1. The second-order valence-electron chi connectivity index (χ2n) is 3.71. The van der Waals surface area contributed by atoms with E-state index in [0.717, 1.165) is 0 Å². The molecule has 0 aromatic rings. The first-order valence-corrected chi connectivity index (χ1v) is 4.78. The molecular weight excluding hydrogens is 197 g/mol. The predicted molar refractivity (Wildman–Crippen MR) is 44.8 cm³/mol. The van der Waals surface area contributed by atoms with Crippen molar-refractivity contribution in [2.24, 2.45) is 11.8 Å². The van der Waals surface area contributed by atoms with E-state index in [0.29, 0.717) is 26.1 Å². The van der Waals surface area contributed by atoms with Crippen LogP contribution in [0.25, 0.3) is 0 Å². The summed E-state index contributed by atoms with van der Waals surface area (Å²) in [6, 6.07) is 0. The Balaban J connectivity index is 2.43. The van der Waals surface area contributed by atoms with E-state index in [1.54, 1.807) is 0 Å². The fourth-order valence-corrected chi connectivity index (χ4v) is 1.86. The summed E-state index contributed by atoms with van der Waals surface area (Å²) < 4.78 is 41.4. The Hall–Kier alpha value is -0.290. The van der Waals surface area contributed by atoms with Gasteiger partial charge >= 0.3 is 6.18 Å². The fourth-order valence-electron chi connectivity index (χ4n) is 1.86. The van der Waals surface area contributed by atoms with Gasteiger partial charge in [-0.1, -0.05) is 0 Å². The minimum Gasteiger partial charge on any atom is -0.396 e. The number of aliphatic hydroxyl groups is 1. The molecule has 0 saturated carbocycles. The third kappa shape index (κ3) is 3.84. The van der Waals surface area contributed by atoms with Crippen molar-refractivity contribution in [1.29, 1.82) is 0 Å². The van der Waals surface area contributed by atoms with E-state index in [9.17, 15) is 13.2 Å². The molecule has 5 heteroatoms. The van der Waals surface area contributed by atoms with Crippen molar-refractivity contribution in [3.05, 3.63) is 0 Å². The van der Waals surface area contributed by atoms with Crippen LogP contribution in [0.5, 0.6) is 0 Å². The van der Waals surface area contributed by atoms with Crippen LogP contribution in [0.4, 0.5) is 13.2 Å². The topological polar surface area (TPSA) is 29.5 Å². The quantitative estimate of drug-likeness (QED) is 0.775. The smallest absolute Gasteiger partial charge is 0.389 e. The monoisotopic (exact) mass is 212 g/mol. The molecule has 1 aliphatic rings. The van der Waals surface area contributed by atoms with Gasteiger partial charge < -0.3 is 9.84 Å². The Kier molecular flexibility index (Phi) is 4.19. The van der Waals surface area contributed by atoms with Crippen LogP contribution >= 0.6 is 0 Å². The molecule has 0 aromatic heterocycles. The van der Waals surface area contributed by atoms with Gasteiger partial charge in [0.25, 0.3) is 0 Å². The van der Waals surface area contributed by atoms with Crippen molar-refractivity contribution >= 4 is 0 Å². The second kappa shape index (κ2) is 4.98. The van der Waals surface area contributed by atoms with E-state index >= 15 is 0 Å². The summed E-state index contributed by atoms with van der Waals surface area (Å²) in [6.45, 7) is 0.641. The molecule has 0 amide bonds. The van der Waals surface area contributed by atoms with Crippen LogP contribution < -0.4 is 0 Å². The van der Waals surface area contributed by atoms with Gasteiger partial charge in [0.05, 0.1) is 0 Å². The maximum absolute atomic E-state index is 12.1. The van der Waals surface area contributed by atoms with Crippen LogP contribution in [-0.4, -0.2) is 31.1 Å². The van der Waals surface area contributed by atoms with Crippen molar-refractivity contribution < 1.29 is 23.0 Å². The largest absolute Gasteiger partial charge is 0.396 e. The highest BCUT2D eigenvalue weighted by Gasteiger charge is 2.35. The van der Waals surface area contributed by atoms with Crippen LogP contribution in [0.3, 0.4) is 0 Å². The van der Waals surface area contributed by atoms with E-state index in [2.05, 4.69) is 0 Å². The molecule has 1 heterocycles. The molecule has 0 spiro atoms. The van der Waals surface area contributed by atoms with Crippen molar-refractivity contribution in [2.75, 3.05) is 19.8 Å². The molecular formula is C9H15F3O2. The Morgan fingerprint density at radius 3 is 2.29 bits per heavy atom. The lowest BCUT2D eigenvalue weighted by Crippen LogP contribution is -2.29. The highest BCUT2D eigenvalue weighted by atomic mass is 19.4. The number of hydrogen-bond acceptors (Lipinski definition) is 2. The summed E-state index contributed by atoms with van der Waals surface area (Å²) in [5, 5.41) is 8.90. The van der Waals surface area contributed by atoms with Gasteiger partial charge in [0, 0.05) is 26.2 Å². The Morgan fingerprint density at radius 2 is 1.86 bits per heavy atom. The minimum absolute atomic E-state index is 0.0459. The number of halogens is 3. The molecule has 1 aliphatic heterocycles. The van der Waals surface area contributed by atoms with Gasteiger partial charge in [0.15, 0.2) is 0 Å². The molecule has 84 valence electrons. The van der Waals surface area contributed by atoms with E-state index in [1.165, 1.54) is 0 Å². The first kappa shape index (κ1) is 11.8. The normalized spacial score (nSPS) is 22.3. The third-order valence-electron chi connectivity index (χ3n) is 2.66. The highest BCUT2D eigenvalue weighted by Crippen LogP contribution is 2.33. The molecule has 1 unspecified atom stereocenters. The number of hydrogen-bond donors (Lipinski definition) is 1. The Morgan fingerprint density at radius 1 is 1.29 bits per heavy atom. The molecule has 1 fully saturated rings. The van der Waals surface area contributed by atoms with Crippen molar-refractivity contribution in [1.82, 2.24) is 0 Å². The lowest BCUT2D eigenvalue weighted by atomic mass is 9.84. The summed E-state index contributed by atoms with van der Waals surface area (Å²) in [5.74, 6) is -0.700. The molecule has 2 nitrogen and oxygen atoms in total. The van der Waals surface area contributed by atoms with Crippen molar-refractivity contribution in [2.45, 2.75) is 25.4 Å². The second-order valence-corrected chi connectivity index (χ2v) is 3.71. The molecule has 0 radical (unpaired) electrons. The predicted octanol–water partition coefficient (Wildman–Crippen LogP) is 1.97. The number of aliphatic hydroxyl groups excluding tert-OH is 1. The Bertz CT molecular complexity index is 164. The van der Waals surface area contributed by atoms with Gasteiger partial charge in [0.2, 0.25) is 0 Å². The SMILES string of the molecule is OCC(CC(F)(F)F)C1CCOCC1. The summed E-state index contributed by atoms with van der Waals surface area (Å²) in [4.78, 5) is 0. The van der Waals surface area contributed by atoms with E-state index < -0.39 is 18.5 Å². The average molecular weight is 212 g/mol. The van der Waals surface area contributed by atoms with E-state index in [-0.39, 0.29) is 12.5 Å². The summed E-state index contributed by atoms with van der Waals surface area (Å²) in [5.41, 5.74) is 0. The lowest BCUT2D eigenvalue weighted by molar-refractivity contribution is -0.154. The van der Waals surface area contributed by atoms with Crippen molar-refractivity contribution in [3.63, 3.8) is 0 Å². The van der Waals surface area contributed by atoms with Gasteiger partial charge in [-0.2, -0.15) is 13.2 Å². The van der Waals surface area contributed by atoms with Crippen LogP contribution in [-0.2, 0) is 4.74 Å². The Labute approximate surface area is 81.1 Å². The van der Waals surface area contributed by atoms with Crippen LogP contribution in [0.2, 0.25) is 0 Å². The lowest BCUT2D eigenvalue weighted by Gasteiger charge is -2.29. The first-order valence-electron chi connectivity index (χ1n) is 4.78. The number of rotatable bonds is 3. The standard InChI is InChI=1S/C9H15F3O2/c10-9(11,12)5-8(6-13)7-1-3-14-4-2-7/h7-8,13H,1-6H2. The fraction of sp³-hybridized carbons (Fsp3) is 1.00. The van der Waals surface area contributed by atoms with Gasteiger partial charge in [-0.25, -0.2) is 0 Å². The zero-order valence-corrected chi connectivity index (χ0v) is 7.89. The molecule has 0 aromatic carbocycles. The number of ether oxygens (including phenoxy) is 1. The molecule has 14 heavy (non-hydrogen) atoms. The molecule has 1 rings (SSSR count). The first-order chi connectivity index (χ1) is 6.53. The van der Waals surface area contributed by atoms with Crippen LogP contribution in [0.1, 0.15) is 19.3 Å². The zero-order chi connectivity index (χ0) is 10.6. The van der Waals surface area contributed by atoms with Crippen LogP contribution in [0, 0.1) is 11.8 Å². The van der Waals surface area contributed by atoms with Gasteiger partial charge in [0.1, 0.15) is 0 Å². The van der Waals surface area contributed by atoms with Gasteiger partial charge in [-0.15, -0.1) is 0 Å². The average Bonchev–Trinajstić information content (AvgIpc) is 2.14. The van der Waals surface area contributed by atoms with Gasteiger partial charge in [-0.3, -0.25) is 0 Å². The van der Waals surface area contributed by atoms with Crippen LogP contribution in [0.15, 0.2) is 0 Å². The minimum atomic E-state index is -4.17. The maximum Gasteiger partial charge on any atom is 0.389 e. The summed E-state index contributed by atoms with van der Waals surface area (Å²) >= 11 is 0. The summed E-state index contributed by atoms with van der Waals surface area (Å²) in [6.07, 6.45) is -3.80. The molecule has 0 aliphatic carbocycles. The zero-order valence-electron chi connectivity index (χ0n) is 7.89. The molecule has 1 N–H and O–H groups in total. The molecule has 1 saturated heterocycles. The molecule has 0 bridgehead atoms. The highest BCUT2D eigenvalue weighted by molar-refractivity contribution is 4.74. The van der Waals surface area contributed by atoms with Crippen molar-refractivity contribution in [3.8, 4) is 0 Å². The third-order valence-corrected chi connectivity index (χ3v) is 2.66. The number of alkyl halides is 3. The molecule has 1 atom stereocenters.